The number of hydrogen-bond acceptors (Lipinski definition) is 4. The molecule has 0 rings (SSSR count). The quantitative estimate of drug-likeness (QED) is 0.511. The van der Waals surface area contributed by atoms with Gasteiger partial charge in [-0.3, -0.25) is 4.84 Å². The summed E-state index contributed by atoms with van der Waals surface area (Å²) in [4.78, 5) is 27.4. The number of hydrogen-bond donors (Lipinski definition) is 3. The van der Waals surface area contributed by atoms with Crippen molar-refractivity contribution < 1.29 is 19.5 Å². The van der Waals surface area contributed by atoms with E-state index in [0.717, 1.165) is 0 Å². The van der Waals surface area contributed by atoms with Crippen molar-refractivity contribution in [2.24, 2.45) is 0 Å². The van der Waals surface area contributed by atoms with E-state index < -0.39 is 18.6 Å². The van der Waals surface area contributed by atoms with Crippen LogP contribution >= 0.6 is 0 Å². The van der Waals surface area contributed by atoms with Crippen LogP contribution < -0.4 is 10.8 Å². The van der Waals surface area contributed by atoms with Crippen LogP contribution in [-0.2, 0) is 9.63 Å². The van der Waals surface area contributed by atoms with Crippen molar-refractivity contribution in [3.63, 3.8) is 0 Å². The lowest BCUT2D eigenvalue weighted by atomic mass is 10.3. The average Bonchev–Trinajstić information content (AvgIpc) is 2.00. The Morgan fingerprint density at radius 3 is 2.53 bits per heavy atom. The number of carboxylic acid groups (broad SMARTS) is 1. The number of urea groups is 1. The van der Waals surface area contributed by atoms with Crippen LogP contribution in [0, 0.1) is 0 Å². The van der Waals surface area contributed by atoms with Gasteiger partial charge in [-0.1, -0.05) is 0 Å². The highest BCUT2D eigenvalue weighted by Crippen LogP contribution is 1.84. The third-order valence-corrected chi connectivity index (χ3v) is 1.38. The van der Waals surface area contributed by atoms with Gasteiger partial charge >= 0.3 is 12.0 Å². The average molecular weight is 219 g/mol. The molecule has 0 heterocycles. The molecule has 0 bridgehead atoms. The molecule has 7 nitrogen and oxygen atoms in total. The number of carbonyl (C=O) groups is 2. The number of carbonyl (C=O) groups excluding carboxylic acids is 1. The zero-order chi connectivity index (χ0) is 11.8. The van der Waals surface area contributed by atoms with E-state index in [4.69, 9.17) is 5.11 Å². The normalized spacial score (nSPS) is 12.3. The third-order valence-electron chi connectivity index (χ3n) is 1.38. The maximum absolute atomic E-state index is 11.1. The summed E-state index contributed by atoms with van der Waals surface area (Å²) >= 11 is 0. The van der Waals surface area contributed by atoms with Gasteiger partial charge in [0, 0.05) is 12.6 Å². The van der Waals surface area contributed by atoms with Crippen LogP contribution in [0.2, 0.25) is 0 Å². The molecule has 7 heteroatoms. The summed E-state index contributed by atoms with van der Waals surface area (Å²) in [6.45, 7) is 1.96. The Balaban J connectivity index is 3.60. The van der Waals surface area contributed by atoms with Crippen molar-refractivity contribution in [3.05, 3.63) is 0 Å². The van der Waals surface area contributed by atoms with Gasteiger partial charge in [-0.2, -0.15) is 0 Å². The minimum atomic E-state index is -1.14. The van der Waals surface area contributed by atoms with Crippen molar-refractivity contribution in [2.75, 3.05) is 27.2 Å². The monoisotopic (exact) mass is 219 g/mol. The van der Waals surface area contributed by atoms with Gasteiger partial charge in [0.15, 0.2) is 6.61 Å². The summed E-state index contributed by atoms with van der Waals surface area (Å²) in [5.74, 6) is -1.14. The molecule has 0 saturated carbocycles. The van der Waals surface area contributed by atoms with Gasteiger partial charge < -0.3 is 15.3 Å². The van der Waals surface area contributed by atoms with Crippen LogP contribution in [0.3, 0.4) is 0 Å². The van der Waals surface area contributed by atoms with Crippen LogP contribution in [0.25, 0.3) is 0 Å². The molecule has 1 atom stereocenters. The number of hydroxylamine groups is 1. The molecule has 0 aliphatic carbocycles. The van der Waals surface area contributed by atoms with E-state index in [1.165, 1.54) is 0 Å². The molecule has 3 N–H and O–H groups in total. The highest BCUT2D eigenvalue weighted by atomic mass is 16.7. The number of rotatable bonds is 6. The van der Waals surface area contributed by atoms with Crippen LogP contribution in [-0.4, -0.2) is 55.3 Å². The fourth-order valence-electron chi connectivity index (χ4n) is 1.01. The molecule has 0 spiro atoms. The molecular formula is C8H17N3O4. The molecule has 1 unspecified atom stereocenters. The Morgan fingerprint density at radius 2 is 2.07 bits per heavy atom. The first-order valence-corrected chi connectivity index (χ1v) is 4.46. The Kier molecular flexibility index (Phi) is 6.39. The molecule has 88 valence electrons. The number of carboxylic acids is 1. The first kappa shape index (κ1) is 13.7. The maximum Gasteiger partial charge on any atom is 0.338 e. The molecule has 0 radical (unpaired) electrons. The Labute approximate surface area is 88.3 Å². The van der Waals surface area contributed by atoms with Crippen LogP contribution in [0.4, 0.5) is 4.79 Å². The Morgan fingerprint density at radius 1 is 1.47 bits per heavy atom. The fraction of sp³-hybridized carbons (Fsp3) is 0.750. The molecule has 0 aliphatic rings. The number of nitrogens with one attached hydrogen (secondary N) is 2. The zero-order valence-corrected chi connectivity index (χ0v) is 9.11. The maximum atomic E-state index is 11.1. The van der Waals surface area contributed by atoms with E-state index >= 15 is 0 Å². The standard InChI is InChI=1S/C8H17N3O4/c1-6(4-11(2)3)9-8(14)10-15-5-7(12)13/h6H,4-5H2,1-3H3,(H,12,13)(H2,9,10,14). The molecule has 0 aromatic rings. The highest BCUT2D eigenvalue weighted by Gasteiger charge is 2.08. The number of amides is 2. The second-order valence-corrected chi connectivity index (χ2v) is 3.42. The largest absolute Gasteiger partial charge is 0.479 e. The second kappa shape index (κ2) is 7.02. The summed E-state index contributed by atoms with van der Waals surface area (Å²) in [6, 6.07) is -0.598. The second-order valence-electron chi connectivity index (χ2n) is 3.42. The summed E-state index contributed by atoms with van der Waals surface area (Å²) in [7, 11) is 3.77. The van der Waals surface area contributed by atoms with Gasteiger partial charge in [-0.25, -0.2) is 15.1 Å². The predicted molar refractivity (Wildman–Crippen MR) is 53.3 cm³/mol. The van der Waals surface area contributed by atoms with E-state index in [9.17, 15) is 9.59 Å². The lowest BCUT2D eigenvalue weighted by Gasteiger charge is -2.18. The van der Waals surface area contributed by atoms with E-state index in [-0.39, 0.29) is 6.04 Å². The number of aliphatic carboxylic acids is 1. The van der Waals surface area contributed by atoms with Crippen LogP contribution in [0.15, 0.2) is 0 Å². The summed E-state index contributed by atoms with van der Waals surface area (Å²) in [5.41, 5.74) is 1.97. The first-order chi connectivity index (χ1) is 6.91. The first-order valence-electron chi connectivity index (χ1n) is 4.46. The van der Waals surface area contributed by atoms with Crippen LogP contribution in [0.1, 0.15) is 6.92 Å². The van der Waals surface area contributed by atoms with Crippen molar-refractivity contribution in [2.45, 2.75) is 13.0 Å². The summed E-state index contributed by atoms with van der Waals surface area (Å²) in [5, 5.41) is 10.8. The Bertz CT molecular complexity index is 220. The van der Waals surface area contributed by atoms with E-state index in [0.29, 0.717) is 6.54 Å². The summed E-state index contributed by atoms with van der Waals surface area (Å²) in [6.07, 6.45) is 0. The predicted octanol–water partition coefficient (Wildman–Crippen LogP) is -0.748. The SMILES string of the molecule is CC(CN(C)C)NC(=O)NOCC(=O)O. The third kappa shape index (κ3) is 8.98. The molecule has 0 aromatic heterocycles. The van der Waals surface area contributed by atoms with E-state index in [1.807, 2.05) is 31.4 Å². The van der Waals surface area contributed by atoms with Gasteiger partial charge in [0.1, 0.15) is 0 Å². The van der Waals surface area contributed by atoms with E-state index in [2.05, 4.69) is 10.2 Å². The van der Waals surface area contributed by atoms with Gasteiger partial charge in [0.05, 0.1) is 0 Å². The topological polar surface area (TPSA) is 90.9 Å². The molecular weight excluding hydrogens is 202 g/mol. The molecule has 0 aromatic carbocycles. The zero-order valence-electron chi connectivity index (χ0n) is 9.11. The van der Waals surface area contributed by atoms with Crippen molar-refractivity contribution in [1.82, 2.24) is 15.7 Å². The van der Waals surface area contributed by atoms with E-state index in [1.54, 1.807) is 0 Å². The lowest BCUT2D eigenvalue weighted by molar-refractivity contribution is -0.144. The van der Waals surface area contributed by atoms with Gasteiger partial charge in [0.25, 0.3) is 0 Å². The molecule has 0 aliphatic heterocycles. The van der Waals surface area contributed by atoms with Gasteiger partial charge in [-0.15, -0.1) is 0 Å². The van der Waals surface area contributed by atoms with Crippen molar-refractivity contribution in [3.8, 4) is 0 Å². The molecule has 0 fully saturated rings. The molecule has 2 amide bonds. The highest BCUT2D eigenvalue weighted by molar-refractivity contribution is 5.73. The summed E-state index contributed by atoms with van der Waals surface area (Å²) < 4.78 is 0. The van der Waals surface area contributed by atoms with Crippen LogP contribution in [0.5, 0.6) is 0 Å². The minimum Gasteiger partial charge on any atom is -0.479 e. The lowest BCUT2D eigenvalue weighted by Crippen LogP contribution is -2.45. The minimum absolute atomic E-state index is 0.0478. The van der Waals surface area contributed by atoms with Crippen molar-refractivity contribution >= 4 is 12.0 Å². The fourth-order valence-corrected chi connectivity index (χ4v) is 1.01. The van der Waals surface area contributed by atoms with Gasteiger partial charge in [0.2, 0.25) is 0 Å². The Hall–Kier alpha value is -1.34. The molecule has 0 saturated heterocycles. The number of likely N-dealkylation sites (N-methyl/N-ethyl adjacent to an activating group) is 1. The smallest absolute Gasteiger partial charge is 0.338 e. The van der Waals surface area contributed by atoms with Crippen molar-refractivity contribution in [1.29, 1.82) is 0 Å². The number of nitrogens with zero attached hydrogens (tertiary/aromatic N) is 1. The molecule has 15 heavy (non-hydrogen) atoms. The van der Waals surface area contributed by atoms with Gasteiger partial charge in [-0.05, 0) is 21.0 Å².